The molecule has 1 aromatic carbocycles. The van der Waals surface area contributed by atoms with Gasteiger partial charge in [0.1, 0.15) is 13.2 Å². The lowest BCUT2D eigenvalue weighted by atomic mass is 10.3. The van der Waals surface area contributed by atoms with E-state index in [1.165, 1.54) is 0 Å². The maximum Gasteiger partial charge on any atom is 0.203 e. The van der Waals surface area contributed by atoms with E-state index >= 15 is 0 Å². The quantitative estimate of drug-likeness (QED) is 0.863. The molecule has 2 rings (SSSR count). The van der Waals surface area contributed by atoms with Crippen LogP contribution in [0.4, 0.5) is 0 Å². The van der Waals surface area contributed by atoms with Gasteiger partial charge in [-0.05, 0) is 18.2 Å². The summed E-state index contributed by atoms with van der Waals surface area (Å²) in [6.45, 7) is 0.266. The van der Waals surface area contributed by atoms with Gasteiger partial charge in [-0.1, -0.05) is 17.9 Å². The molecule has 0 saturated heterocycles. The molecular weight excluding hydrogens is 288 g/mol. The zero-order valence-corrected chi connectivity index (χ0v) is 12.7. The van der Waals surface area contributed by atoms with Crippen LogP contribution in [0.1, 0.15) is 10.4 Å². The Kier molecular flexibility index (Phi) is 5.50. The fourth-order valence-electron chi connectivity index (χ4n) is 1.77. The van der Waals surface area contributed by atoms with Gasteiger partial charge in [0.25, 0.3) is 0 Å². The molecule has 0 spiro atoms. The van der Waals surface area contributed by atoms with E-state index in [1.54, 1.807) is 25.6 Å². The maximum absolute atomic E-state index is 8.68. The molecule has 0 saturated carbocycles. The number of rotatable bonds is 5. The fourth-order valence-corrected chi connectivity index (χ4v) is 2.49. The van der Waals surface area contributed by atoms with Crippen molar-refractivity contribution >= 4 is 11.3 Å². The lowest BCUT2D eigenvalue weighted by Gasteiger charge is -2.13. The molecule has 2 aromatic rings. The Morgan fingerprint density at radius 1 is 1.19 bits per heavy atom. The molecule has 1 aromatic heterocycles. The van der Waals surface area contributed by atoms with Gasteiger partial charge in [-0.2, -0.15) is 0 Å². The Labute approximate surface area is 127 Å². The maximum atomic E-state index is 8.68. The van der Waals surface area contributed by atoms with Gasteiger partial charge in [-0.3, -0.25) is 0 Å². The second kappa shape index (κ2) is 7.58. The van der Waals surface area contributed by atoms with E-state index in [0.29, 0.717) is 23.9 Å². The van der Waals surface area contributed by atoms with Crippen LogP contribution in [0.3, 0.4) is 0 Å². The number of para-hydroxylation sites is 1. The van der Waals surface area contributed by atoms with Crippen LogP contribution in [0, 0.1) is 11.8 Å². The first-order valence-corrected chi connectivity index (χ1v) is 7.17. The summed E-state index contributed by atoms with van der Waals surface area (Å²) in [5, 5.41) is 10.6. The van der Waals surface area contributed by atoms with Crippen molar-refractivity contribution in [3.63, 3.8) is 0 Å². The van der Waals surface area contributed by atoms with E-state index in [9.17, 15) is 0 Å². The lowest BCUT2D eigenvalue weighted by Crippen LogP contribution is -1.98. The Hall–Kier alpha value is -2.16. The van der Waals surface area contributed by atoms with E-state index < -0.39 is 0 Å². The molecule has 110 valence electrons. The normalized spacial score (nSPS) is 9.67. The predicted molar refractivity (Wildman–Crippen MR) is 82.2 cm³/mol. The molecule has 21 heavy (non-hydrogen) atoms. The highest BCUT2D eigenvalue weighted by atomic mass is 32.1. The minimum absolute atomic E-state index is 0.139. The van der Waals surface area contributed by atoms with Crippen LogP contribution in [0.25, 0.3) is 0 Å². The number of aliphatic hydroxyl groups excluding tert-OH is 1. The number of ether oxygens (including phenoxy) is 3. The highest BCUT2D eigenvalue weighted by Crippen LogP contribution is 2.37. The first-order chi connectivity index (χ1) is 10.3. The number of hydrogen-bond donors (Lipinski definition) is 1. The third-order valence-electron chi connectivity index (χ3n) is 2.71. The highest BCUT2D eigenvalue weighted by molar-refractivity contribution is 7.10. The minimum Gasteiger partial charge on any atom is -0.493 e. The number of thiophene rings is 1. The highest BCUT2D eigenvalue weighted by Gasteiger charge is 2.11. The summed E-state index contributed by atoms with van der Waals surface area (Å²) in [5.41, 5.74) is 0.875. The van der Waals surface area contributed by atoms with Gasteiger partial charge in [0.05, 0.1) is 14.2 Å². The SMILES string of the molecule is COc1cccc(OC)c1OCc1cc(C#CCO)cs1. The number of benzene rings is 1. The van der Waals surface area contributed by atoms with Crippen molar-refractivity contribution in [1.82, 2.24) is 0 Å². The van der Waals surface area contributed by atoms with E-state index in [1.807, 2.05) is 29.6 Å². The summed E-state index contributed by atoms with van der Waals surface area (Å²) in [5.74, 6) is 7.33. The summed E-state index contributed by atoms with van der Waals surface area (Å²) >= 11 is 1.56. The van der Waals surface area contributed by atoms with Gasteiger partial charge in [0.2, 0.25) is 5.75 Å². The fraction of sp³-hybridized carbons (Fsp3) is 0.250. The van der Waals surface area contributed by atoms with E-state index in [4.69, 9.17) is 19.3 Å². The van der Waals surface area contributed by atoms with Gasteiger partial charge in [0.15, 0.2) is 11.5 Å². The lowest BCUT2D eigenvalue weighted by molar-refractivity contribution is 0.268. The van der Waals surface area contributed by atoms with Crippen molar-refractivity contribution in [1.29, 1.82) is 0 Å². The van der Waals surface area contributed by atoms with Gasteiger partial charge in [-0.25, -0.2) is 0 Å². The molecule has 0 aliphatic rings. The van der Waals surface area contributed by atoms with Crippen molar-refractivity contribution in [2.45, 2.75) is 6.61 Å². The van der Waals surface area contributed by atoms with Crippen molar-refractivity contribution < 1.29 is 19.3 Å². The van der Waals surface area contributed by atoms with Crippen LogP contribution >= 0.6 is 11.3 Å². The average molecular weight is 304 g/mol. The van der Waals surface area contributed by atoms with Crippen molar-refractivity contribution in [3.05, 3.63) is 40.1 Å². The first kappa shape index (κ1) is 15.2. The molecule has 0 bridgehead atoms. The Bertz CT molecular complexity index is 630. The summed E-state index contributed by atoms with van der Waals surface area (Å²) in [6.07, 6.45) is 0. The van der Waals surface area contributed by atoms with Gasteiger partial charge in [0, 0.05) is 15.8 Å². The number of methoxy groups -OCH3 is 2. The number of aliphatic hydroxyl groups is 1. The second-order valence-corrected chi connectivity index (χ2v) is 5.04. The molecule has 0 fully saturated rings. The molecule has 0 unspecified atom stereocenters. The van der Waals surface area contributed by atoms with Crippen molar-refractivity contribution in [3.8, 4) is 29.1 Å². The Balaban J connectivity index is 2.11. The first-order valence-electron chi connectivity index (χ1n) is 6.29. The topological polar surface area (TPSA) is 47.9 Å². The molecule has 5 heteroatoms. The molecule has 1 N–H and O–H groups in total. The van der Waals surface area contributed by atoms with E-state index in [0.717, 1.165) is 10.4 Å². The summed E-state index contributed by atoms with van der Waals surface area (Å²) < 4.78 is 16.4. The molecule has 4 nitrogen and oxygen atoms in total. The third-order valence-corrected chi connectivity index (χ3v) is 3.62. The summed E-state index contributed by atoms with van der Waals surface area (Å²) in [7, 11) is 3.19. The molecule has 0 aliphatic carbocycles. The van der Waals surface area contributed by atoms with Gasteiger partial charge in [-0.15, -0.1) is 11.3 Å². The zero-order chi connectivity index (χ0) is 15.1. The van der Waals surface area contributed by atoms with Gasteiger partial charge >= 0.3 is 0 Å². The summed E-state index contributed by atoms with van der Waals surface area (Å²) in [6, 6.07) is 7.43. The van der Waals surface area contributed by atoms with Gasteiger partial charge < -0.3 is 19.3 Å². The smallest absolute Gasteiger partial charge is 0.203 e. The zero-order valence-electron chi connectivity index (χ0n) is 11.9. The van der Waals surface area contributed by atoms with Crippen LogP contribution in [0.15, 0.2) is 29.6 Å². The molecule has 0 radical (unpaired) electrons. The van der Waals surface area contributed by atoms with Crippen LogP contribution in [0.2, 0.25) is 0 Å². The monoisotopic (exact) mass is 304 g/mol. The molecule has 0 aliphatic heterocycles. The van der Waals surface area contributed by atoms with E-state index in [2.05, 4.69) is 11.8 Å². The Morgan fingerprint density at radius 3 is 2.52 bits per heavy atom. The third kappa shape index (κ3) is 3.91. The minimum atomic E-state index is -0.139. The summed E-state index contributed by atoms with van der Waals surface area (Å²) in [4.78, 5) is 1.03. The van der Waals surface area contributed by atoms with Crippen LogP contribution in [-0.2, 0) is 6.61 Å². The van der Waals surface area contributed by atoms with Crippen LogP contribution in [-0.4, -0.2) is 25.9 Å². The predicted octanol–water partition coefficient (Wildman–Crippen LogP) is 2.69. The Morgan fingerprint density at radius 2 is 1.90 bits per heavy atom. The molecular formula is C16H16O4S. The van der Waals surface area contributed by atoms with Crippen LogP contribution in [0.5, 0.6) is 17.2 Å². The second-order valence-electron chi connectivity index (χ2n) is 4.04. The van der Waals surface area contributed by atoms with E-state index in [-0.39, 0.29) is 6.61 Å². The van der Waals surface area contributed by atoms with Crippen molar-refractivity contribution in [2.75, 3.05) is 20.8 Å². The molecule has 1 heterocycles. The number of hydrogen-bond acceptors (Lipinski definition) is 5. The average Bonchev–Trinajstić information content (AvgIpc) is 2.98. The molecule has 0 amide bonds. The van der Waals surface area contributed by atoms with Crippen molar-refractivity contribution in [2.24, 2.45) is 0 Å². The standard InChI is InChI=1S/C16H16O4S/c1-18-14-6-3-7-15(19-2)16(14)20-10-13-9-12(11-21-13)5-4-8-17/h3,6-7,9,11,17H,8,10H2,1-2H3. The van der Waals surface area contributed by atoms with Crippen LogP contribution < -0.4 is 14.2 Å². The largest absolute Gasteiger partial charge is 0.493 e. The molecule has 0 atom stereocenters.